The monoisotopic (exact) mass is 282 g/mol. The summed E-state index contributed by atoms with van der Waals surface area (Å²) in [7, 11) is 0. The third-order valence-electron chi connectivity index (χ3n) is 3.62. The van der Waals surface area contributed by atoms with Gasteiger partial charge in [-0.25, -0.2) is 0 Å². The zero-order valence-electron chi connectivity index (χ0n) is 11.8. The van der Waals surface area contributed by atoms with Crippen molar-refractivity contribution in [3.8, 4) is 5.75 Å². The highest BCUT2D eigenvalue weighted by Gasteiger charge is 2.25. The van der Waals surface area contributed by atoms with Crippen molar-refractivity contribution in [2.75, 3.05) is 13.1 Å². The third-order valence-corrected chi connectivity index (χ3v) is 3.62. The fraction of sp³-hybridized carbons (Fsp3) is 0.294. The summed E-state index contributed by atoms with van der Waals surface area (Å²) in [6.07, 6.45) is 5.29. The van der Waals surface area contributed by atoms with Crippen LogP contribution >= 0.6 is 0 Å². The minimum absolute atomic E-state index is 0.0319. The molecule has 3 rings (SSSR count). The van der Waals surface area contributed by atoms with Crippen LogP contribution in [-0.4, -0.2) is 35.0 Å². The standard InChI is InChI=1S/C17H18N2O2/c20-17(14-6-4-10-18-12-14)19-11-5-9-16(13-19)21-15-7-2-1-3-8-15/h1-4,6-8,10,12,16H,5,9,11,13H2. The van der Waals surface area contributed by atoms with Gasteiger partial charge in [0, 0.05) is 18.9 Å². The number of ether oxygens (including phenoxy) is 1. The van der Waals surface area contributed by atoms with E-state index in [2.05, 4.69) is 4.98 Å². The highest BCUT2D eigenvalue weighted by atomic mass is 16.5. The average Bonchev–Trinajstić information content (AvgIpc) is 2.56. The lowest BCUT2D eigenvalue weighted by molar-refractivity contribution is 0.0537. The van der Waals surface area contributed by atoms with Gasteiger partial charge in [-0.2, -0.15) is 0 Å². The van der Waals surface area contributed by atoms with E-state index < -0.39 is 0 Å². The van der Waals surface area contributed by atoms with E-state index >= 15 is 0 Å². The number of aromatic nitrogens is 1. The van der Waals surface area contributed by atoms with Crippen LogP contribution in [0.5, 0.6) is 5.75 Å². The molecule has 1 aromatic carbocycles. The van der Waals surface area contributed by atoms with E-state index in [1.165, 1.54) is 0 Å². The molecule has 1 aromatic heterocycles. The van der Waals surface area contributed by atoms with Crippen molar-refractivity contribution in [2.45, 2.75) is 18.9 Å². The zero-order chi connectivity index (χ0) is 14.5. The van der Waals surface area contributed by atoms with E-state index in [1.54, 1.807) is 24.5 Å². The quantitative estimate of drug-likeness (QED) is 0.869. The molecule has 2 heterocycles. The molecule has 0 aliphatic carbocycles. The number of pyridine rings is 1. The second-order valence-corrected chi connectivity index (χ2v) is 5.19. The van der Waals surface area contributed by atoms with Crippen molar-refractivity contribution < 1.29 is 9.53 Å². The number of amides is 1. The largest absolute Gasteiger partial charge is 0.489 e. The Morgan fingerprint density at radius 3 is 2.81 bits per heavy atom. The van der Waals surface area contributed by atoms with Gasteiger partial charge in [0.05, 0.1) is 12.1 Å². The summed E-state index contributed by atoms with van der Waals surface area (Å²) >= 11 is 0. The summed E-state index contributed by atoms with van der Waals surface area (Å²) in [4.78, 5) is 18.3. The highest BCUT2D eigenvalue weighted by molar-refractivity contribution is 5.93. The Morgan fingerprint density at radius 2 is 2.05 bits per heavy atom. The minimum Gasteiger partial charge on any atom is -0.489 e. The van der Waals surface area contributed by atoms with Gasteiger partial charge in [-0.1, -0.05) is 18.2 Å². The summed E-state index contributed by atoms with van der Waals surface area (Å²) < 4.78 is 5.96. The lowest BCUT2D eigenvalue weighted by Gasteiger charge is -2.33. The smallest absolute Gasteiger partial charge is 0.255 e. The van der Waals surface area contributed by atoms with Gasteiger partial charge < -0.3 is 9.64 Å². The molecule has 1 saturated heterocycles. The van der Waals surface area contributed by atoms with Gasteiger partial charge >= 0.3 is 0 Å². The lowest BCUT2D eigenvalue weighted by atomic mass is 10.1. The molecular formula is C17H18N2O2. The Balaban J connectivity index is 1.64. The average molecular weight is 282 g/mol. The molecule has 1 amide bonds. The number of likely N-dealkylation sites (tertiary alicyclic amines) is 1. The number of benzene rings is 1. The first-order valence-corrected chi connectivity index (χ1v) is 7.24. The van der Waals surface area contributed by atoms with Gasteiger partial charge in [0.15, 0.2) is 0 Å². The van der Waals surface area contributed by atoms with Crippen LogP contribution in [0.4, 0.5) is 0 Å². The molecular weight excluding hydrogens is 264 g/mol. The van der Waals surface area contributed by atoms with Crippen molar-refractivity contribution >= 4 is 5.91 Å². The maximum absolute atomic E-state index is 12.4. The number of hydrogen-bond acceptors (Lipinski definition) is 3. The second-order valence-electron chi connectivity index (χ2n) is 5.19. The number of nitrogens with zero attached hydrogens (tertiary/aromatic N) is 2. The SMILES string of the molecule is O=C(c1cccnc1)N1CCCC(Oc2ccccc2)C1. The Morgan fingerprint density at radius 1 is 1.19 bits per heavy atom. The van der Waals surface area contributed by atoms with E-state index in [4.69, 9.17) is 4.74 Å². The fourth-order valence-corrected chi connectivity index (χ4v) is 2.58. The minimum atomic E-state index is 0.0319. The number of rotatable bonds is 3. The molecule has 1 aliphatic rings. The number of carbonyl (C=O) groups is 1. The summed E-state index contributed by atoms with van der Waals surface area (Å²) in [6.45, 7) is 1.41. The molecule has 0 bridgehead atoms. The molecule has 4 heteroatoms. The van der Waals surface area contributed by atoms with Crippen LogP contribution in [0.25, 0.3) is 0 Å². The predicted octanol–water partition coefficient (Wildman–Crippen LogP) is 2.77. The number of piperidine rings is 1. The van der Waals surface area contributed by atoms with E-state index in [9.17, 15) is 4.79 Å². The van der Waals surface area contributed by atoms with E-state index in [1.807, 2.05) is 35.2 Å². The molecule has 1 aliphatic heterocycles. The van der Waals surface area contributed by atoms with Gasteiger partial charge in [-0.3, -0.25) is 9.78 Å². The second kappa shape index (κ2) is 6.39. The topological polar surface area (TPSA) is 42.4 Å². The molecule has 0 radical (unpaired) electrons. The summed E-state index contributed by atoms with van der Waals surface area (Å²) in [6, 6.07) is 13.4. The van der Waals surface area contributed by atoms with Crippen LogP contribution in [0.3, 0.4) is 0 Å². The predicted molar refractivity (Wildman–Crippen MR) is 80.2 cm³/mol. The molecule has 0 saturated carbocycles. The van der Waals surface area contributed by atoms with Crippen LogP contribution in [0, 0.1) is 0 Å². The Bertz CT molecular complexity index is 586. The molecule has 2 aromatic rings. The Hall–Kier alpha value is -2.36. The van der Waals surface area contributed by atoms with Gasteiger partial charge in [0.2, 0.25) is 0 Å². The van der Waals surface area contributed by atoms with Crippen molar-refractivity contribution in [3.05, 3.63) is 60.4 Å². The molecule has 108 valence electrons. The van der Waals surface area contributed by atoms with Crippen molar-refractivity contribution in [3.63, 3.8) is 0 Å². The molecule has 0 spiro atoms. The van der Waals surface area contributed by atoms with E-state index in [-0.39, 0.29) is 12.0 Å². The molecule has 1 fully saturated rings. The molecule has 4 nitrogen and oxygen atoms in total. The maximum Gasteiger partial charge on any atom is 0.255 e. The summed E-state index contributed by atoms with van der Waals surface area (Å²) in [5, 5.41) is 0. The third kappa shape index (κ3) is 3.40. The van der Waals surface area contributed by atoms with E-state index in [0.717, 1.165) is 25.1 Å². The fourth-order valence-electron chi connectivity index (χ4n) is 2.58. The number of carbonyl (C=O) groups excluding carboxylic acids is 1. The van der Waals surface area contributed by atoms with E-state index in [0.29, 0.717) is 12.1 Å². The maximum atomic E-state index is 12.4. The molecule has 0 N–H and O–H groups in total. The van der Waals surface area contributed by atoms with Crippen LogP contribution in [0.1, 0.15) is 23.2 Å². The first kappa shape index (κ1) is 13.6. The lowest BCUT2D eigenvalue weighted by Crippen LogP contribution is -2.44. The van der Waals surface area contributed by atoms with Crippen LogP contribution in [0.2, 0.25) is 0 Å². The van der Waals surface area contributed by atoms with Crippen LogP contribution in [0.15, 0.2) is 54.9 Å². The highest BCUT2D eigenvalue weighted by Crippen LogP contribution is 2.19. The Kier molecular flexibility index (Phi) is 4.15. The van der Waals surface area contributed by atoms with Crippen molar-refractivity contribution in [1.82, 2.24) is 9.88 Å². The zero-order valence-corrected chi connectivity index (χ0v) is 11.8. The molecule has 1 unspecified atom stereocenters. The van der Waals surface area contributed by atoms with Crippen LogP contribution in [-0.2, 0) is 0 Å². The van der Waals surface area contributed by atoms with Gasteiger partial charge in [-0.05, 0) is 37.1 Å². The first-order valence-electron chi connectivity index (χ1n) is 7.24. The Labute approximate surface area is 124 Å². The molecule has 21 heavy (non-hydrogen) atoms. The first-order chi connectivity index (χ1) is 10.3. The molecule has 1 atom stereocenters. The van der Waals surface area contributed by atoms with Crippen LogP contribution < -0.4 is 4.74 Å². The van der Waals surface area contributed by atoms with Crippen molar-refractivity contribution in [1.29, 1.82) is 0 Å². The number of hydrogen-bond donors (Lipinski definition) is 0. The summed E-state index contributed by atoms with van der Waals surface area (Å²) in [5.41, 5.74) is 0.637. The van der Waals surface area contributed by atoms with Gasteiger partial charge in [0.25, 0.3) is 5.91 Å². The summed E-state index contributed by atoms with van der Waals surface area (Å²) in [5.74, 6) is 0.891. The van der Waals surface area contributed by atoms with Gasteiger partial charge in [-0.15, -0.1) is 0 Å². The van der Waals surface area contributed by atoms with Crippen molar-refractivity contribution in [2.24, 2.45) is 0 Å². The number of para-hydroxylation sites is 1. The normalized spacial score (nSPS) is 18.3. The van der Waals surface area contributed by atoms with Gasteiger partial charge in [0.1, 0.15) is 11.9 Å².